The minimum absolute atomic E-state index is 0.0534. The number of ether oxygens (including phenoxy) is 1. The summed E-state index contributed by atoms with van der Waals surface area (Å²) >= 11 is 0. The molecule has 0 bridgehead atoms. The first-order chi connectivity index (χ1) is 11.6. The zero-order valence-corrected chi connectivity index (χ0v) is 13.9. The number of morpholine rings is 1. The number of aromatic amines is 1. The lowest BCUT2D eigenvalue weighted by Crippen LogP contribution is -2.42. The van der Waals surface area contributed by atoms with Crippen LogP contribution in [0.2, 0.25) is 0 Å². The summed E-state index contributed by atoms with van der Waals surface area (Å²) in [6.07, 6.45) is 3.11. The molecule has 2 aromatic heterocycles. The molecule has 0 saturated carbocycles. The van der Waals surface area contributed by atoms with E-state index in [9.17, 15) is 4.79 Å². The quantitative estimate of drug-likeness (QED) is 0.859. The first-order valence-corrected chi connectivity index (χ1v) is 8.08. The van der Waals surface area contributed by atoms with E-state index in [0.717, 1.165) is 17.3 Å². The van der Waals surface area contributed by atoms with Crippen molar-refractivity contribution in [1.82, 2.24) is 25.1 Å². The second-order valence-corrected chi connectivity index (χ2v) is 6.11. The molecule has 0 radical (unpaired) electrons. The van der Waals surface area contributed by atoms with E-state index in [4.69, 9.17) is 4.74 Å². The van der Waals surface area contributed by atoms with Crippen LogP contribution in [0.5, 0.6) is 0 Å². The molecular weight excluding hydrogens is 308 g/mol. The van der Waals surface area contributed by atoms with Gasteiger partial charge in [0.1, 0.15) is 6.10 Å². The van der Waals surface area contributed by atoms with E-state index in [2.05, 4.69) is 30.4 Å². The Balaban J connectivity index is 1.56. The molecule has 3 rings (SSSR count). The molecule has 8 nitrogen and oxygen atoms in total. The summed E-state index contributed by atoms with van der Waals surface area (Å²) in [5.74, 6) is 1.71. The molecule has 1 aliphatic heterocycles. The van der Waals surface area contributed by atoms with Gasteiger partial charge in [-0.25, -0.2) is 4.98 Å². The highest BCUT2D eigenvalue weighted by Gasteiger charge is 2.26. The number of anilines is 1. The summed E-state index contributed by atoms with van der Waals surface area (Å²) < 4.78 is 5.77. The molecule has 24 heavy (non-hydrogen) atoms. The van der Waals surface area contributed by atoms with Crippen LogP contribution in [-0.2, 0) is 9.53 Å². The Labute approximate surface area is 140 Å². The largest absolute Gasteiger partial charge is 0.368 e. The van der Waals surface area contributed by atoms with Crippen LogP contribution in [-0.4, -0.2) is 57.2 Å². The fraction of sp³-hybridized carbons (Fsp3) is 0.500. The summed E-state index contributed by atoms with van der Waals surface area (Å²) in [4.78, 5) is 22.6. The second-order valence-electron chi connectivity index (χ2n) is 6.11. The Morgan fingerprint density at radius 2 is 2.25 bits per heavy atom. The fourth-order valence-electron chi connectivity index (χ4n) is 2.54. The highest BCUT2D eigenvalue weighted by molar-refractivity contribution is 5.92. The summed E-state index contributed by atoms with van der Waals surface area (Å²) in [5, 5.41) is 10.0. The predicted octanol–water partition coefficient (Wildman–Crippen LogP) is 1.34. The highest BCUT2D eigenvalue weighted by atomic mass is 16.5. The molecule has 1 atom stereocenters. The van der Waals surface area contributed by atoms with Crippen molar-refractivity contribution in [2.24, 2.45) is 0 Å². The first-order valence-electron chi connectivity index (χ1n) is 8.08. The van der Waals surface area contributed by atoms with E-state index < -0.39 is 0 Å². The van der Waals surface area contributed by atoms with Crippen molar-refractivity contribution < 1.29 is 9.53 Å². The molecule has 1 fully saturated rings. The molecule has 3 heterocycles. The van der Waals surface area contributed by atoms with E-state index in [1.807, 2.05) is 13.8 Å². The normalized spacial score (nSPS) is 18.7. The molecule has 2 N–H and O–H groups in total. The zero-order valence-electron chi connectivity index (χ0n) is 13.9. The molecule has 1 aliphatic rings. The maximum atomic E-state index is 12.2. The fourth-order valence-corrected chi connectivity index (χ4v) is 2.54. The molecule has 2 aromatic rings. The van der Waals surface area contributed by atoms with E-state index in [-0.39, 0.29) is 17.9 Å². The Kier molecular flexibility index (Phi) is 5.17. The van der Waals surface area contributed by atoms with Gasteiger partial charge in [-0.15, -0.1) is 0 Å². The molecule has 1 saturated heterocycles. The van der Waals surface area contributed by atoms with Crippen molar-refractivity contribution in [3.05, 3.63) is 36.2 Å². The van der Waals surface area contributed by atoms with Crippen molar-refractivity contribution in [3.8, 4) is 0 Å². The second kappa shape index (κ2) is 7.50. The molecular formula is C16H22N6O2. The van der Waals surface area contributed by atoms with Gasteiger partial charge in [0.2, 0.25) is 5.91 Å². The summed E-state index contributed by atoms with van der Waals surface area (Å²) in [7, 11) is 0. The van der Waals surface area contributed by atoms with Crippen LogP contribution >= 0.6 is 0 Å². The van der Waals surface area contributed by atoms with Gasteiger partial charge < -0.3 is 10.1 Å². The number of pyridine rings is 1. The van der Waals surface area contributed by atoms with Gasteiger partial charge >= 0.3 is 0 Å². The molecule has 8 heteroatoms. The Hall–Kier alpha value is -2.32. The number of aromatic nitrogens is 4. The van der Waals surface area contributed by atoms with Crippen LogP contribution in [0.4, 0.5) is 5.69 Å². The minimum Gasteiger partial charge on any atom is -0.368 e. The van der Waals surface area contributed by atoms with Gasteiger partial charge in [-0.1, -0.05) is 13.8 Å². The summed E-state index contributed by atoms with van der Waals surface area (Å²) in [6, 6.07) is 3.53. The topological polar surface area (TPSA) is 96.0 Å². The van der Waals surface area contributed by atoms with E-state index in [1.165, 1.54) is 0 Å². The van der Waals surface area contributed by atoms with Crippen molar-refractivity contribution in [1.29, 1.82) is 0 Å². The number of hydrogen-bond acceptors (Lipinski definition) is 6. The molecule has 0 spiro atoms. The number of H-pyrrole nitrogens is 1. The van der Waals surface area contributed by atoms with Crippen molar-refractivity contribution in [3.63, 3.8) is 0 Å². The van der Waals surface area contributed by atoms with Gasteiger partial charge in [0.05, 0.1) is 13.2 Å². The lowest BCUT2D eigenvalue weighted by molar-refractivity contribution is -0.119. The Bertz CT molecular complexity index is 672. The van der Waals surface area contributed by atoms with Crippen LogP contribution in [0, 0.1) is 0 Å². The Morgan fingerprint density at radius 3 is 2.96 bits per heavy atom. The van der Waals surface area contributed by atoms with E-state index in [0.29, 0.717) is 26.2 Å². The van der Waals surface area contributed by atoms with Crippen molar-refractivity contribution in [2.45, 2.75) is 25.9 Å². The van der Waals surface area contributed by atoms with Crippen LogP contribution in [0.15, 0.2) is 24.5 Å². The summed E-state index contributed by atoms with van der Waals surface area (Å²) in [6.45, 7) is 6.29. The van der Waals surface area contributed by atoms with Gasteiger partial charge in [0, 0.05) is 37.1 Å². The maximum absolute atomic E-state index is 12.2. The first kappa shape index (κ1) is 16.5. The van der Waals surface area contributed by atoms with Crippen molar-refractivity contribution >= 4 is 11.6 Å². The zero-order chi connectivity index (χ0) is 16.9. The SMILES string of the molecule is CC(C)c1n[nH]c([C@@H]2CN(CC(=O)Nc3ccncc3)CCO2)n1. The number of carbonyl (C=O) groups is 1. The van der Waals surface area contributed by atoms with E-state index >= 15 is 0 Å². The maximum Gasteiger partial charge on any atom is 0.238 e. The van der Waals surface area contributed by atoms with E-state index in [1.54, 1.807) is 24.5 Å². The number of rotatable bonds is 5. The number of nitrogens with one attached hydrogen (secondary N) is 2. The minimum atomic E-state index is -0.188. The van der Waals surface area contributed by atoms with Gasteiger partial charge in [0.25, 0.3) is 0 Å². The third kappa shape index (κ3) is 4.15. The van der Waals surface area contributed by atoms with Crippen molar-refractivity contribution in [2.75, 3.05) is 31.6 Å². The molecule has 0 aliphatic carbocycles. The smallest absolute Gasteiger partial charge is 0.238 e. The average Bonchev–Trinajstić information content (AvgIpc) is 3.06. The molecule has 1 amide bonds. The lowest BCUT2D eigenvalue weighted by atomic mass is 10.2. The van der Waals surface area contributed by atoms with Crippen LogP contribution in [0.3, 0.4) is 0 Å². The number of hydrogen-bond donors (Lipinski definition) is 2. The monoisotopic (exact) mass is 330 g/mol. The van der Waals surface area contributed by atoms with Gasteiger partial charge in [0.15, 0.2) is 11.6 Å². The lowest BCUT2D eigenvalue weighted by Gasteiger charge is -2.31. The van der Waals surface area contributed by atoms with Crippen LogP contribution in [0.1, 0.15) is 37.5 Å². The van der Waals surface area contributed by atoms with Gasteiger partial charge in [-0.2, -0.15) is 5.10 Å². The third-order valence-corrected chi connectivity index (χ3v) is 3.82. The predicted molar refractivity (Wildman–Crippen MR) is 88.5 cm³/mol. The average molecular weight is 330 g/mol. The molecule has 128 valence electrons. The standard InChI is InChI=1S/C16H22N6O2/c1-11(2)15-19-16(21-20-15)13-9-22(7-8-24-13)10-14(23)18-12-3-5-17-6-4-12/h3-6,11,13H,7-10H2,1-2H3,(H,17,18,23)(H,19,20,21)/t13-/m0/s1. The number of amides is 1. The van der Waals surface area contributed by atoms with Gasteiger partial charge in [-0.3, -0.25) is 19.8 Å². The highest BCUT2D eigenvalue weighted by Crippen LogP contribution is 2.20. The molecule has 0 unspecified atom stereocenters. The van der Waals surface area contributed by atoms with Crippen LogP contribution in [0.25, 0.3) is 0 Å². The summed E-state index contributed by atoms with van der Waals surface area (Å²) in [5.41, 5.74) is 0.747. The number of carbonyl (C=O) groups excluding carboxylic acids is 1. The van der Waals surface area contributed by atoms with Gasteiger partial charge in [-0.05, 0) is 12.1 Å². The number of nitrogens with zero attached hydrogens (tertiary/aromatic N) is 4. The molecule has 0 aromatic carbocycles. The third-order valence-electron chi connectivity index (χ3n) is 3.82. The Morgan fingerprint density at radius 1 is 1.46 bits per heavy atom. The van der Waals surface area contributed by atoms with Crippen LogP contribution < -0.4 is 5.32 Å².